The summed E-state index contributed by atoms with van der Waals surface area (Å²) >= 11 is 1.16. The Balaban J connectivity index is 1.53. The number of carboxylic acids is 1. The molecule has 0 aliphatic heterocycles. The molecule has 2 N–H and O–H groups in total. The zero-order chi connectivity index (χ0) is 15.7. The number of thiophene rings is 1. The van der Waals surface area contributed by atoms with E-state index in [1.54, 1.807) is 18.2 Å². The summed E-state index contributed by atoms with van der Waals surface area (Å²) in [5.41, 5.74) is 0.978. The van der Waals surface area contributed by atoms with E-state index in [4.69, 9.17) is 5.11 Å². The average Bonchev–Trinajstić information content (AvgIpc) is 3.15. The van der Waals surface area contributed by atoms with Crippen molar-refractivity contribution in [1.82, 2.24) is 5.32 Å². The fraction of sp³-hybridized carbons (Fsp3) is 0.250. The summed E-state index contributed by atoms with van der Waals surface area (Å²) < 4.78 is 12.9. The number of hydrogen-bond donors (Lipinski definition) is 2. The highest BCUT2D eigenvalue weighted by atomic mass is 32.1. The summed E-state index contributed by atoms with van der Waals surface area (Å²) in [5, 5.41) is 11.7. The smallest absolute Gasteiger partial charge is 0.345 e. The van der Waals surface area contributed by atoms with Gasteiger partial charge >= 0.3 is 5.97 Å². The Labute approximate surface area is 130 Å². The average molecular weight is 319 g/mol. The molecule has 0 bridgehead atoms. The van der Waals surface area contributed by atoms with Crippen LogP contribution in [-0.2, 0) is 11.3 Å². The fourth-order valence-corrected chi connectivity index (χ4v) is 3.24. The number of carboxylic acid groups (broad SMARTS) is 1. The summed E-state index contributed by atoms with van der Waals surface area (Å²) in [4.78, 5) is 23.9. The number of benzene rings is 1. The van der Waals surface area contributed by atoms with E-state index in [1.807, 2.05) is 0 Å². The highest BCUT2D eigenvalue weighted by molar-refractivity contribution is 7.13. The molecule has 0 radical (unpaired) electrons. The topological polar surface area (TPSA) is 66.4 Å². The molecular weight excluding hydrogens is 305 g/mol. The largest absolute Gasteiger partial charge is 0.477 e. The highest BCUT2D eigenvalue weighted by Crippen LogP contribution is 2.47. The van der Waals surface area contributed by atoms with Crippen LogP contribution in [0.15, 0.2) is 36.4 Å². The van der Waals surface area contributed by atoms with Crippen LogP contribution in [0.1, 0.15) is 32.5 Å². The second kappa shape index (κ2) is 5.88. The van der Waals surface area contributed by atoms with Crippen LogP contribution in [0.25, 0.3) is 0 Å². The maximum absolute atomic E-state index is 12.9. The molecule has 6 heteroatoms. The van der Waals surface area contributed by atoms with Crippen molar-refractivity contribution in [3.63, 3.8) is 0 Å². The normalized spacial score (nSPS) is 19.7. The van der Waals surface area contributed by atoms with Crippen LogP contribution in [0.3, 0.4) is 0 Å². The first-order valence-electron chi connectivity index (χ1n) is 6.90. The van der Waals surface area contributed by atoms with Crippen molar-refractivity contribution in [2.24, 2.45) is 5.92 Å². The van der Waals surface area contributed by atoms with Gasteiger partial charge in [0.25, 0.3) is 0 Å². The Hall–Kier alpha value is -2.21. The van der Waals surface area contributed by atoms with E-state index < -0.39 is 5.97 Å². The second-order valence-corrected chi connectivity index (χ2v) is 6.46. The van der Waals surface area contributed by atoms with Crippen LogP contribution in [0.4, 0.5) is 4.39 Å². The lowest BCUT2D eigenvalue weighted by molar-refractivity contribution is -0.122. The molecule has 1 saturated carbocycles. The number of nitrogens with one attached hydrogen (secondary N) is 1. The zero-order valence-electron chi connectivity index (χ0n) is 11.6. The molecule has 0 spiro atoms. The minimum atomic E-state index is -0.957. The maximum atomic E-state index is 12.9. The first-order chi connectivity index (χ1) is 10.5. The van der Waals surface area contributed by atoms with Crippen molar-refractivity contribution >= 4 is 23.2 Å². The van der Waals surface area contributed by atoms with Gasteiger partial charge in [0.2, 0.25) is 5.91 Å². The first kappa shape index (κ1) is 14.7. The van der Waals surface area contributed by atoms with E-state index in [1.165, 1.54) is 18.2 Å². The molecule has 22 heavy (non-hydrogen) atoms. The molecule has 2 atom stereocenters. The van der Waals surface area contributed by atoms with Gasteiger partial charge in [-0.2, -0.15) is 0 Å². The van der Waals surface area contributed by atoms with Crippen molar-refractivity contribution in [1.29, 1.82) is 0 Å². The van der Waals surface area contributed by atoms with E-state index in [2.05, 4.69) is 5.32 Å². The number of amides is 1. The molecule has 1 aromatic carbocycles. The Bertz CT molecular complexity index is 710. The van der Waals surface area contributed by atoms with Crippen LogP contribution in [0.5, 0.6) is 0 Å². The van der Waals surface area contributed by atoms with E-state index >= 15 is 0 Å². The highest BCUT2D eigenvalue weighted by Gasteiger charge is 2.43. The van der Waals surface area contributed by atoms with Crippen LogP contribution in [0.2, 0.25) is 0 Å². The predicted molar refractivity (Wildman–Crippen MR) is 80.4 cm³/mol. The molecule has 2 aromatic rings. The lowest BCUT2D eigenvalue weighted by Gasteiger charge is -2.03. The quantitative estimate of drug-likeness (QED) is 0.890. The van der Waals surface area contributed by atoms with Crippen molar-refractivity contribution in [2.75, 3.05) is 0 Å². The summed E-state index contributed by atoms with van der Waals surface area (Å²) in [6.07, 6.45) is 0.766. The molecule has 114 valence electrons. The summed E-state index contributed by atoms with van der Waals surface area (Å²) in [6.45, 7) is 0.337. The molecule has 1 fully saturated rings. The number of halogens is 1. The number of rotatable bonds is 5. The minimum Gasteiger partial charge on any atom is -0.477 e. The van der Waals surface area contributed by atoms with Gasteiger partial charge in [-0.05, 0) is 42.2 Å². The Morgan fingerprint density at radius 3 is 2.59 bits per heavy atom. The number of aromatic carboxylic acids is 1. The van der Waals surface area contributed by atoms with Crippen LogP contribution in [-0.4, -0.2) is 17.0 Å². The van der Waals surface area contributed by atoms with E-state index in [-0.39, 0.29) is 28.4 Å². The molecular formula is C16H14FNO3S. The Morgan fingerprint density at radius 1 is 1.23 bits per heavy atom. The van der Waals surface area contributed by atoms with Crippen molar-refractivity contribution in [3.8, 4) is 0 Å². The third-order valence-corrected chi connectivity index (χ3v) is 4.81. The van der Waals surface area contributed by atoms with Crippen LogP contribution < -0.4 is 5.32 Å². The predicted octanol–water partition coefficient (Wildman–Crippen LogP) is 3.01. The summed E-state index contributed by atoms with van der Waals surface area (Å²) in [6, 6.07) is 9.48. The SMILES string of the molecule is O=C(O)c1ccc(CNC(=O)C2CC2c2ccc(F)cc2)s1. The van der Waals surface area contributed by atoms with Gasteiger partial charge in [0.15, 0.2) is 0 Å². The summed E-state index contributed by atoms with van der Waals surface area (Å²) in [7, 11) is 0. The molecule has 1 amide bonds. The van der Waals surface area contributed by atoms with Crippen LogP contribution in [0, 0.1) is 11.7 Å². The monoisotopic (exact) mass is 319 g/mol. The van der Waals surface area contributed by atoms with Gasteiger partial charge < -0.3 is 10.4 Å². The number of carbonyl (C=O) groups excluding carboxylic acids is 1. The third kappa shape index (κ3) is 3.17. The summed E-state index contributed by atoms with van der Waals surface area (Å²) in [5.74, 6) is -1.21. The van der Waals surface area contributed by atoms with Crippen LogP contribution >= 0.6 is 11.3 Å². The fourth-order valence-electron chi connectivity index (χ4n) is 2.46. The van der Waals surface area contributed by atoms with Gasteiger partial charge in [-0.1, -0.05) is 12.1 Å². The molecule has 1 heterocycles. The minimum absolute atomic E-state index is 0.0420. The molecule has 0 saturated heterocycles. The van der Waals surface area contributed by atoms with E-state index in [9.17, 15) is 14.0 Å². The first-order valence-corrected chi connectivity index (χ1v) is 7.71. The van der Waals surface area contributed by atoms with Crippen molar-refractivity contribution in [2.45, 2.75) is 18.9 Å². The van der Waals surface area contributed by atoms with Gasteiger partial charge in [-0.15, -0.1) is 11.3 Å². The lowest BCUT2D eigenvalue weighted by Crippen LogP contribution is -2.24. The van der Waals surface area contributed by atoms with Crippen molar-refractivity contribution < 1.29 is 19.1 Å². The maximum Gasteiger partial charge on any atom is 0.345 e. The van der Waals surface area contributed by atoms with Gasteiger partial charge in [0.1, 0.15) is 10.7 Å². The van der Waals surface area contributed by atoms with Gasteiger partial charge in [0.05, 0.1) is 6.54 Å². The van der Waals surface area contributed by atoms with Gasteiger partial charge in [-0.3, -0.25) is 4.79 Å². The molecule has 2 unspecified atom stereocenters. The Morgan fingerprint density at radius 2 is 1.95 bits per heavy atom. The zero-order valence-corrected chi connectivity index (χ0v) is 12.4. The van der Waals surface area contributed by atoms with Gasteiger partial charge in [0, 0.05) is 10.8 Å². The molecule has 1 aliphatic rings. The Kier molecular flexibility index (Phi) is 3.94. The lowest BCUT2D eigenvalue weighted by atomic mass is 10.1. The van der Waals surface area contributed by atoms with Gasteiger partial charge in [-0.25, -0.2) is 9.18 Å². The molecule has 1 aromatic heterocycles. The second-order valence-electron chi connectivity index (χ2n) is 5.29. The molecule has 4 nitrogen and oxygen atoms in total. The van der Waals surface area contributed by atoms with E-state index in [0.29, 0.717) is 6.54 Å². The molecule has 3 rings (SSSR count). The molecule has 1 aliphatic carbocycles. The van der Waals surface area contributed by atoms with E-state index in [0.717, 1.165) is 28.2 Å². The number of carbonyl (C=O) groups is 2. The van der Waals surface area contributed by atoms with Crippen molar-refractivity contribution in [3.05, 3.63) is 57.5 Å². The number of hydrogen-bond acceptors (Lipinski definition) is 3. The third-order valence-electron chi connectivity index (χ3n) is 3.73. The standard InChI is InChI=1S/C16H14FNO3S/c17-10-3-1-9(2-4-10)12-7-13(12)15(19)18-8-11-5-6-14(22-11)16(20)21/h1-6,12-13H,7-8H2,(H,18,19)(H,20,21).